The number of piperazine rings is 1. The first kappa shape index (κ1) is 38.9. The standard InChI is InChI=1S/C44H53F4N5O2Si/c1-25(2)56(26(3)4,27(5)6)19-16-32-34(46)15-12-28-10-8-11-33(35(28)32)36-38(47)40-37(41(54-7)39(36)48)42(52-22-30-13-14-31(23-52)49-30)51-43(50-40)55-24-44-17-9-18-53(44)21-29(45)20-44/h8,10-12,15,25-27,29-31,49H,9,13-14,17-18,20-24H2,1-7H3/t29-,30?,31?,44+/m1/s1. The highest BCUT2D eigenvalue weighted by atomic mass is 28.3. The number of ether oxygens (including phenoxy) is 2. The highest BCUT2D eigenvalue weighted by molar-refractivity contribution is 6.90. The van der Waals surface area contributed by atoms with Gasteiger partial charge in [0.15, 0.2) is 17.4 Å². The van der Waals surface area contributed by atoms with Crippen molar-refractivity contribution in [2.24, 2.45) is 0 Å². The molecule has 4 saturated heterocycles. The first-order valence-corrected chi connectivity index (χ1v) is 22.6. The molecule has 298 valence electrons. The summed E-state index contributed by atoms with van der Waals surface area (Å²) in [4.78, 5) is 13.7. The fourth-order valence-corrected chi connectivity index (χ4v) is 16.1. The normalized spacial score (nSPS) is 23.8. The predicted molar refractivity (Wildman–Crippen MR) is 218 cm³/mol. The van der Waals surface area contributed by atoms with E-state index in [9.17, 15) is 4.39 Å². The van der Waals surface area contributed by atoms with Gasteiger partial charge in [-0.05, 0) is 65.9 Å². The van der Waals surface area contributed by atoms with Gasteiger partial charge in [0.05, 0.1) is 29.2 Å². The van der Waals surface area contributed by atoms with E-state index in [1.807, 2.05) is 4.90 Å². The number of nitrogens with one attached hydrogen (secondary N) is 1. The number of fused-ring (bicyclic) bond motifs is 5. The number of alkyl halides is 1. The van der Waals surface area contributed by atoms with Crippen molar-refractivity contribution in [3.63, 3.8) is 0 Å². The molecule has 12 heteroatoms. The summed E-state index contributed by atoms with van der Waals surface area (Å²) in [5.41, 5.74) is 3.74. The van der Waals surface area contributed by atoms with Crippen LogP contribution in [0.3, 0.4) is 0 Å². The van der Waals surface area contributed by atoms with Crippen molar-refractivity contribution in [3.8, 4) is 34.4 Å². The van der Waals surface area contributed by atoms with Crippen LogP contribution < -0.4 is 19.7 Å². The topological polar surface area (TPSA) is 62.8 Å². The van der Waals surface area contributed by atoms with Gasteiger partial charge in [0.1, 0.15) is 38.0 Å². The Bertz CT molecular complexity index is 2210. The Hall–Kier alpha value is -3.92. The summed E-state index contributed by atoms with van der Waals surface area (Å²) in [5, 5.41) is 4.65. The Morgan fingerprint density at radius 3 is 2.32 bits per heavy atom. The SMILES string of the molecule is COc1c(F)c(-c2cccc3ccc(F)c(C#C[Si](C(C)C)(C(C)C)C(C)C)c23)c(F)c2nc(OC[C@@]34CCCN3C[C@H](F)C4)nc(N3CC4CCC(C3)N4)c12. The molecule has 4 fully saturated rings. The minimum Gasteiger partial charge on any atom is -0.493 e. The quantitative estimate of drug-likeness (QED) is 0.103. The average molecular weight is 788 g/mol. The monoisotopic (exact) mass is 787 g/mol. The molecule has 0 amide bonds. The number of methoxy groups -OCH3 is 1. The van der Waals surface area contributed by atoms with Crippen LogP contribution in [0.1, 0.15) is 79.2 Å². The molecule has 4 atom stereocenters. The van der Waals surface area contributed by atoms with Crippen LogP contribution in [-0.4, -0.2) is 86.6 Å². The second-order valence-electron chi connectivity index (χ2n) is 17.5. The third-order valence-electron chi connectivity index (χ3n) is 13.4. The molecule has 5 heterocycles. The maximum atomic E-state index is 17.6. The zero-order valence-corrected chi connectivity index (χ0v) is 34.5. The Balaban J connectivity index is 1.34. The van der Waals surface area contributed by atoms with Crippen LogP contribution in [0.2, 0.25) is 16.6 Å². The molecule has 7 nitrogen and oxygen atoms in total. The molecule has 0 saturated carbocycles. The lowest BCUT2D eigenvalue weighted by atomic mass is 9.92. The molecule has 0 aliphatic carbocycles. The Kier molecular flexibility index (Phi) is 10.3. The average Bonchev–Trinajstić information content (AvgIpc) is 3.81. The van der Waals surface area contributed by atoms with E-state index in [1.54, 1.807) is 24.3 Å². The number of anilines is 1. The van der Waals surface area contributed by atoms with E-state index in [1.165, 1.54) is 13.2 Å². The largest absolute Gasteiger partial charge is 0.493 e. The van der Waals surface area contributed by atoms with Gasteiger partial charge >= 0.3 is 6.01 Å². The zero-order valence-electron chi connectivity index (χ0n) is 33.5. The van der Waals surface area contributed by atoms with Gasteiger partial charge in [0, 0.05) is 43.5 Å². The summed E-state index contributed by atoms with van der Waals surface area (Å²) >= 11 is 0. The van der Waals surface area contributed by atoms with Crippen LogP contribution in [0.25, 0.3) is 32.8 Å². The summed E-state index contributed by atoms with van der Waals surface area (Å²) in [6, 6.07) is 8.44. The lowest BCUT2D eigenvalue weighted by molar-refractivity contribution is 0.107. The molecule has 4 aromatic rings. The molecular weight excluding hydrogens is 735 g/mol. The van der Waals surface area contributed by atoms with Crippen LogP contribution >= 0.6 is 0 Å². The van der Waals surface area contributed by atoms with Crippen molar-refractivity contribution in [2.45, 2.75) is 114 Å². The van der Waals surface area contributed by atoms with Crippen LogP contribution in [0.15, 0.2) is 30.3 Å². The van der Waals surface area contributed by atoms with Gasteiger partial charge in [0.2, 0.25) is 0 Å². The minimum atomic E-state index is -2.32. The van der Waals surface area contributed by atoms with Crippen LogP contribution in [0, 0.1) is 28.9 Å². The highest BCUT2D eigenvalue weighted by Crippen LogP contribution is 2.47. The molecule has 2 unspecified atom stereocenters. The van der Waals surface area contributed by atoms with Gasteiger partial charge in [-0.2, -0.15) is 9.97 Å². The lowest BCUT2D eigenvalue weighted by Gasteiger charge is -2.38. The van der Waals surface area contributed by atoms with E-state index in [0.717, 1.165) is 32.2 Å². The molecular formula is C44H53F4N5O2Si. The molecule has 56 heavy (non-hydrogen) atoms. The number of aromatic nitrogens is 2. The van der Waals surface area contributed by atoms with Crippen LogP contribution in [0.5, 0.6) is 11.8 Å². The van der Waals surface area contributed by atoms with Gasteiger partial charge in [-0.1, -0.05) is 71.7 Å². The fourth-order valence-electron chi connectivity index (χ4n) is 10.9. The van der Waals surface area contributed by atoms with Crippen molar-refractivity contribution < 1.29 is 27.0 Å². The van der Waals surface area contributed by atoms with E-state index >= 15 is 13.2 Å². The number of hydrogen-bond donors (Lipinski definition) is 1. The van der Waals surface area contributed by atoms with Crippen molar-refractivity contribution >= 4 is 35.6 Å². The highest BCUT2D eigenvalue weighted by Gasteiger charge is 2.49. The third kappa shape index (κ3) is 6.33. The number of nitrogens with zero attached hydrogens (tertiary/aromatic N) is 4. The summed E-state index contributed by atoms with van der Waals surface area (Å²) in [6.45, 7) is 15.6. The Labute approximate surface area is 328 Å². The first-order chi connectivity index (χ1) is 26.8. The number of hydrogen-bond acceptors (Lipinski definition) is 7. The maximum Gasteiger partial charge on any atom is 0.319 e. The van der Waals surface area contributed by atoms with Gasteiger partial charge < -0.3 is 19.7 Å². The summed E-state index contributed by atoms with van der Waals surface area (Å²) in [7, 11) is -0.964. The molecule has 1 aromatic heterocycles. The maximum absolute atomic E-state index is 17.6. The van der Waals surface area contributed by atoms with Crippen molar-refractivity contribution in [3.05, 3.63) is 53.3 Å². The Morgan fingerprint density at radius 2 is 1.64 bits per heavy atom. The number of rotatable bonds is 9. The van der Waals surface area contributed by atoms with Crippen molar-refractivity contribution in [2.75, 3.05) is 44.8 Å². The van der Waals surface area contributed by atoms with E-state index in [0.29, 0.717) is 59.3 Å². The second kappa shape index (κ2) is 14.8. The van der Waals surface area contributed by atoms with Crippen molar-refractivity contribution in [1.82, 2.24) is 20.2 Å². The third-order valence-corrected chi connectivity index (χ3v) is 19.7. The van der Waals surface area contributed by atoms with Crippen LogP contribution in [0.4, 0.5) is 23.4 Å². The molecule has 8 rings (SSSR count). The number of benzene rings is 3. The van der Waals surface area contributed by atoms with E-state index in [-0.39, 0.29) is 58.0 Å². The predicted octanol–water partition coefficient (Wildman–Crippen LogP) is 9.34. The molecule has 0 spiro atoms. The van der Waals surface area contributed by atoms with Crippen molar-refractivity contribution in [1.29, 1.82) is 0 Å². The van der Waals surface area contributed by atoms with Gasteiger partial charge in [-0.3, -0.25) is 4.90 Å². The molecule has 3 aromatic carbocycles. The Morgan fingerprint density at radius 1 is 0.929 bits per heavy atom. The minimum absolute atomic E-state index is 0.0618. The first-order valence-electron chi connectivity index (χ1n) is 20.3. The van der Waals surface area contributed by atoms with Gasteiger partial charge in [0.25, 0.3) is 0 Å². The second-order valence-corrected chi connectivity index (χ2v) is 23.0. The molecule has 4 aliphatic rings. The zero-order chi connectivity index (χ0) is 39.7. The molecule has 4 aliphatic heterocycles. The molecule has 0 radical (unpaired) electrons. The van der Waals surface area contributed by atoms with E-state index in [2.05, 4.69) is 68.2 Å². The molecule has 2 bridgehead atoms. The van der Waals surface area contributed by atoms with E-state index in [4.69, 9.17) is 14.5 Å². The summed E-state index contributed by atoms with van der Waals surface area (Å²) < 4.78 is 77.9. The molecule has 1 N–H and O–H groups in total. The van der Waals surface area contributed by atoms with E-state index < -0.39 is 37.2 Å². The lowest BCUT2D eigenvalue weighted by Crippen LogP contribution is -2.51. The van der Waals surface area contributed by atoms with Crippen LogP contribution in [-0.2, 0) is 0 Å². The van der Waals surface area contributed by atoms with Gasteiger partial charge in [-0.25, -0.2) is 17.6 Å². The smallest absolute Gasteiger partial charge is 0.319 e. The number of halogens is 4. The van der Waals surface area contributed by atoms with Gasteiger partial charge in [-0.15, -0.1) is 5.54 Å². The summed E-state index contributed by atoms with van der Waals surface area (Å²) in [5.74, 6) is 0.979. The fraction of sp³-hybridized carbons (Fsp3) is 0.545. The summed E-state index contributed by atoms with van der Waals surface area (Å²) in [6.07, 6.45) is 3.09.